The molecule has 1 N–H and O–H groups in total. The fourth-order valence-corrected chi connectivity index (χ4v) is 3.92. The summed E-state index contributed by atoms with van der Waals surface area (Å²) in [5.41, 5.74) is 2.36. The van der Waals surface area contributed by atoms with Crippen LogP contribution < -0.4 is 15.1 Å². The number of halogens is 2. The van der Waals surface area contributed by atoms with Crippen LogP contribution in [-0.2, 0) is 9.59 Å². The van der Waals surface area contributed by atoms with Gasteiger partial charge in [0.1, 0.15) is 17.6 Å². The van der Waals surface area contributed by atoms with E-state index < -0.39 is 41.9 Å². The van der Waals surface area contributed by atoms with Gasteiger partial charge in [0, 0.05) is 10.6 Å². The van der Waals surface area contributed by atoms with Crippen molar-refractivity contribution in [3.63, 3.8) is 0 Å². The lowest BCUT2D eigenvalue weighted by atomic mass is 10.1. The quantitative estimate of drug-likeness (QED) is 0.431. The van der Waals surface area contributed by atoms with Gasteiger partial charge in [0.05, 0.1) is 24.8 Å². The lowest BCUT2D eigenvalue weighted by molar-refractivity contribution is -0.123. The van der Waals surface area contributed by atoms with Gasteiger partial charge < -0.3 is 4.74 Å². The number of carbonyl (C=O) groups is 4. The summed E-state index contributed by atoms with van der Waals surface area (Å²) in [7, 11) is 1.37. The van der Waals surface area contributed by atoms with Crippen LogP contribution in [0.5, 0.6) is 5.75 Å². The molecule has 0 spiro atoms. The highest BCUT2D eigenvalue weighted by molar-refractivity contribution is 6.31. The average Bonchev–Trinajstić information content (AvgIpc) is 3.15. The summed E-state index contributed by atoms with van der Waals surface area (Å²) in [6.07, 6.45) is -0.468. The number of benzene rings is 3. The number of rotatable bonds is 5. The lowest BCUT2D eigenvalue weighted by Crippen LogP contribution is -2.54. The molecule has 1 saturated heterocycles. The number of ether oxygens (including phenoxy) is 1. The molecule has 3 aromatic rings. The number of amides is 4. The average molecular weight is 496 g/mol. The molecule has 0 aliphatic carbocycles. The molecular weight excluding hydrogens is 477 g/mol. The van der Waals surface area contributed by atoms with Crippen LogP contribution in [0.2, 0.25) is 5.02 Å². The van der Waals surface area contributed by atoms with E-state index in [4.69, 9.17) is 16.3 Å². The minimum Gasteiger partial charge on any atom is -0.496 e. The van der Waals surface area contributed by atoms with Crippen molar-refractivity contribution < 1.29 is 28.3 Å². The molecule has 1 aliphatic rings. The van der Waals surface area contributed by atoms with Crippen LogP contribution in [0.15, 0.2) is 72.8 Å². The predicted octanol–water partition coefficient (Wildman–Crippen LogP) is 3.61. The Kier molecular flexibility index (Phi) is 6.79. The van der Waals surface area contributed by atoms with Gasteiger partial charge in [-0.15, -0.1) is 0 Å². The largest absolute Gasteiger partial charge is 0.496 e. The number of hydrogen-bond donors (Lipinski definition) is 1. The first-order chi connectivity index (χ1) is 16.8. The molecular formula is C25H19ClFN3O5. The van der Waals surface area contributed by atoms with Gasteiger partial charge in [-0.25, -0.2) is 14.3 Å². The van der Waals surface area contributed by atoms with Crippen molar-refractivity contribution in [1.82, 2.24) is 10.4 Å². The Morgan fingerprint density at radius 3 is 2.49 bits per heavy atom. The number of imide groups is 1. The molecule has 8 nitrogen and oxygen atoms in total. The van der Waals surface area contributed by atoms with E-state index in [9.17, 15) is 23.6 Å². The zero-order valence-corrected chi connectivity index (χ0v) is 19.2. The Balaban J connectivity index is 1.73. The van der Waals surface area contributed by atoms with Gasteiger partial charge >= 0.3 is 0 Å². The minimum atomic E-state index is -1.43. The first kappa shape index (κ1) is 23.9. The van der Waals surface area contributed by atoms with Gasteiger partial charge in [0.15, 0.2) is 0 Å². The molecule has 178 valence electrons. The van der Waals surface area contributed by atoms with E-state index in [1.807, 2.05) is 0 Å². The highest BCUT2D eigenvalue weighted by Crippen LogP contribution is 2.29. The molecule has 1 fully saturated rings. The maximum atomic E-state index is 14.4. The van der Waals surface area contributed by atoms with Crippen LogP contribution in [0.3, 0.4) is 0 Å². The number of nitrogens with one attached hydrogen (secondary N) is 1. The summed E-state index contributed by atoms with van der Waals surface area (Å²) in [6.45, 7) is 0. The smallest absolute Gasteiger partial charge is 0.276 e. The van der Waals surface area contributed by atoms with E-state index in [0.29, 0.717) is 4.90 Å². The number of methoxy groups -OCH3 is 1. The molecule has 0 aromatic heterocycles. The molecule has 1 atom stereocenters. The van der Waals surface area contributed by atoms with Gasteiger partial charge in [-0.3, -0.25) is 24.6 Å². The monoisotopic (exact) mass is 495 g/mol. The number of para-hydroxylation sites is 2. The topological polar surface area (TPSA) is 96.0 Å². The lowest BCUT2D eigenvalue weighted by Gasteiger charge is -2.28. The molecule has 0 radical (unpaired) electrons. The van der Waals surface area contributed by atoms with Crippen LogP contribution in [0.4, 0.5) is 10.1 Å². The maximum absolute atomic E-state index is 14.4. The van der Waals surface area contributed by atoms with Crippen molar-refractivity contribution in [1.29, 1.82) is 0 Å². The number of hydrazine groups is 1. The first-order valence-electron chi connectivity index (χ1n) is 10.5. The number of carbonyl (C=O) groups excluding carboxylic acids is 4. The molecule has 0 saturated carbocycles. The Labute approximate surface area is 204 Å². The summed E-state index contributed by atoms with van der Waals surface area (Å²) in [6, 6.07) is 16.1. The van der Waals surface area contributed by atoms with Crippen LogP contribution in [-0.4, -0.2) is 41.8 Å². The Hall–Kier alpha value is -4.24. The van der Waals surface area contributed by atoms with E-state index in [0.717, 1.165) is 11.1 Å². The zero-order valence-electron chi connectivity index (χ0n) is 18.4. The van der Waals surface area contributed by atoms with Crippen molar-refractivity contribution in [2.75, 3.05) is 12.0 Å². The third kappa shape index (κ3) is 4.71. The van der Waals surface area contributed by atoms with Gasteiger partial charge in [-0.05, 0) is 42.5 Å². The molecule has 4 amide bonds. The van der Waals surface area contributed by atoms with Crippen LogP contribution in [0.1, 0.15) is 27.1 Å². The summed E-state index contributed by atoms with van der Waals surface area (Å²) < 4.78 is 19.6. The van der Waals surface area contributed by atoms with E-state index >= 15 is 0 Å². The van der Waals surface area contributed by atoms with Crippen molar-refractivity contribution >= 4 is 40.9 Å². The molecule has 1 unspecified atom stereocenters. The number of anilines is 1. The summed E-state index contributed by atoms with van der Waals surface area (Å²) >= 11 is 5.98. The minimum absolute atomic E-state index is 0.0472. The molecule has 1 aliphatic heterocycles. The predicted molar refractivity (Wildman–Crippen MR) is 125 cm³/mol. The van der Waals surface area contributed by atoms with E-state index in [2.05, 4.69) is 5.43 Å². The molecule has 10 heteroatoms. The number of hydrogen-bond acceptors (Lipinski definition) is 5. The van der Waals surface area contributed by atoms with Gasteiger partial charge in [-0.1, -0.05) is 41.9 Å². The fraction of sp³-hybridized carbons (Fsp3) is 0.120. The maximum Gasteiger partial charge on any atom is 0.276 e. The van der Waals surface area contributed by atoms with Gasteiger partial charge in [0.25, 0.3) is 17.7 Å². The number of nitrogens with zero attached hydrogens (tertiary/aromatic N) is 2. The molecule has 3 aromatic carbocycles. The summed E-state index contributed by atoms with van der Waals surface area (Å²) in [4.78, 5) is 53.3. The fourth-order valence-electron chi connectivity index (χ4n) is 3.73. The SMILES string of the molecule is COc1ccccc1C(=O)N(NC(=O)c1cccc(Cl)c1)C1CC(=O)N(c2ccccc2F)C1=O. The molecule has 35 heavy (non-hydrogen) atoms. The highest BCUT2D eigenvalue weighted by Gasteiger charge is 2.46. The standard InChI is InChI=1S/C25H19ClFN3O5/c1-35-21-12-5-2-9-17(21)24(33)30(28-23(32)15-7-6-8-16(26)13-15)20-14-22(31)29(25(20)34)19-11-4-3-10-18(19)27/h2-13,20H,14H2,1H3,(H,28,32). The molecule has 4 rings (SSSR count). The van der Waals surface area contributed by atoms with Gasteiger partial charge in [-0.2, -0.15) is 0 Å². The second-order valence-corrected chi connectivity index (χ2v) is 8.00. The van der Waals surface area contributed by atoms with E-state index in [1.165, 1.54) is 49.6 Å². The van der Waals surface area contributed by atoms with Crippen molar-refractivity contribution in [2.24, 2.45) is 0 Å². The van der Waals surface area contributed by atoms with Crippen LogP contribution >= 0.6 is 11.6 Å². The van der Waals surface area contributed by atoms with Crippen molar-refractivity contribution in [3.8, 4) is 5.75 Å². The summed E-state index contributed by atoms with van der Waals surface area (Å²) in [5, 5.41) is 1.07. The highest BCUT2D eigenvalue weighted by atomic mass is 35.5. The summed E-state index contributed by atoms with van der Waals surface area (Å²) in [5.74, 6) is -3.70. The van der Waals surface area contributed by atoms with Crippen LogP contribution in [0, 0.1) is 5.82 Å². The second kappa shape index (κ2) is 9.94. The van der Waals surface area contributed by atoms with Crippen LogP contribution in [0.25, 0.3) is 0 Å². The van der Waals surface area contributed by atoms with E-state index in [-0.39, 0.29) is 27.6 Å². The third-order valence-electron chi connectivity index (χ3n) is 5.39. The Morgan fingerprint density at radius 2 is 1.77 bits per heavy atom. The molecule has 0 bridgehead atoms. The third-order valence-corrected chi connectivity index (χ3v) is 5.63. The second-order valence-electron chi connectivity index (χ2n) is 7.57. The van der Waals surface area contributed by atoms with Crippen molar-refractivity contribution in [2.45, 2.75) is 12.5 Å². The normalized spacial score (nSPS) is 15.2. The van der Waals surface area contributed by atoms with Crippen molar-refractivity contribution in [3.05, 3.63) is 94.8 Å². The Bertz CT molecular complexity index is 1330. The molecule has 1 heterocycles. The van der Waals surface area contributed by atoms with Gasteiger partial charge in [0.2, 0.25) is 5.91 Å². The zero-order chi connectivity index (χ0) is 25.1. The first-order valence-corrected chi connectivity index (χ1v) is 10.8. The van der Waals surface area contributed by atoms with E-state index in [1.54, 1.807) is 24.3 Å². The Morgan fingerprint density at radius 1 is 1.06 bits per heavy atom.